The van der Waals surface area contributed by atoms with E-state index < -0.39 is 23.6 Å². The van der Waals surface area contributed by atoms with E-state index in [-0.39, 0.29) is 33.0 Å². The molecule has 12 heteroatoms. The summed E-state index contributed by atoms with van der Waals surface area (Å²) in [4.78, 5) is 87.2. The number of hydrogen-bond donors (Lipinski definition) is 0. The number of para-hydroxylation sites is 4. The molecule has 0 radical (unpaired) electrons. The van der Waals surface area contributed by atoms with Crippen molar-refractivity contribution in [2.75, 3.05) is 9.80 Å². The highest BCUT2D eigenvalue weighted by Gasteiger charge is 2.45. The SMILES string of the molecule is O=C1c2cc(-c3ccc4c(c3)c3ccccc3n4-c3ccccc3)c3c4c(cc(-c5ccc6c(c5)c5ccccc5n6-c5ccccc5)c(c24)C(=O)N1c1cc2cccnc2c2ncccc12)C(=O)N(c1cc2cccnc2c2ncccc12)C3=O. The highest BCUT2D eigenvalue weighted by molar-refractivity contribution is 6.46. The number of fused-ring (bicyclic) bond motifs is 12. The van der Waals surface area contributed by atoms with Gasteiger partial charge in [0.25, 0.3) is 23.6 Å². The van der Waals surface area contributed by atoms with Crippen LogP contribution < -0.4 is 9.80 Å². The fraction of sp³-hybridized carbons (Fsp3) is 0. The van der Waals surface area contributed by atoms with E-state index in [4.69, 9.17) is 19.9 Å². The predicted molar refractivity (Wildman–Crippen MR) is 340 cm³/mol. The molecule has 0 spiro atoms. The lowest BCUT2D eigenvalue weighted by Gasteiger charge is -2.35. The van der Waals surface area contributed by atoms with Crippen molar-refractivity contribution in [3.8, 4) is 33.6 Å². The molecule has 18 rings (SSSR count). The number of pyridine rings is 4. The van der Waals surface area contributed by atoms with Crippen LogP contribution in [0.25, 0.3) is 132 Å². The second-order valence-corrected chi connectivity index (χ2v) is 21.9. The van der Waals surface area contributed by atoms with Crippen LogP contribution >= 0.6 is 0 Å². The molecule has 0 aliphatic carbocycles. The van der Waals surface area contributed by atoms with Gasteiger partial charge in [0.1, 0.15) is 0 Å². The van der Waals surface area contributed by atoms with Gasteiger partial charge in [0.15, 0.2) is 0 Å². The van der Waals surface area contributed by atoms with Crippen LogP contribution in [0.3, 0.4) is 0 Å². The van der Waals surface area contributed by atoms with Crippen LogP contribution in [0.5, 0.6) is 0 Å². The lowest BCUT2D eigenvalue weighted by Crippen LogP contribution is -2.44. The first-order valence-corrected chi connectivity index (χ1v) is 28.3. The third-order valence-corrected chi connectivity index (χ3v) is 17.5. The van der Waals surface area contributed by atoms with Crippen LogP contribution in [0.1, 0.15) is 41.4 Å². The molecule has 400 valence electrons. The van der Waals surface area contributed by atoms with Gasteiger partial charge in [0, 0.05) is 101 Å². The Balaban J connectivity index is 0.973. The fourth-order valence-corrected chi connectivity index (χ4v) is 13.8. The van der Waals surface area contributed by atoms with E-state index in [1.54, 1.807) is 49.1 Å². The number of rotatable bonds is 6. The topological polar surface area (TPSA) is 136 Å². The molecule has 4 amide bonds. The Labute approximate surface area is 487 Å². The van der Waals surface area contributed by atoms with Gasteiger partial charge in [0.2, 0.25) is 0 Å². The van der Waals surface area contributed by atoms with Crippen LogP contribution in [-0.2, 0) is 0 Å². The number of anilines is 2. The Morgan fingerprint density at radius 1 is 0.279 bits per heavy atom. The second kappa shape index (κ2) is 17.7. The molecule has 2 aliphatic rings. The zero-order valence-corrected chi connectivity index (χ0v) is 45.3. The number of carbonyl (C=O) groups excluding carboxylic acids is 4. The molecule has 6 aromatic heterocycles. The largest absolute Gasteiger partial charge is 0.309 e. The Hall–Kier alpha value is -12.0. The van der Waals surface area contributed by atoms with Crippen molar-refractivity contribution in [1.29, 1.82) is 0 Å². The van der Waals surface area contributed by atoms with E-state index in [1.807, 2.05) is 133 Å². The van der Waals surface area contributed by atoms with Crippen LogP contribution in [0.2, 0.25) is 0 Å². The molecule has 8 heterocycles. The zero-order chi connectivity index (χ0) is 57.1. The molecule has 0 fully saturated rings. The number of imide groups is 2. The summed E-state index contributed by atoms with van der Waals surface area (Å²) in [7, 11) is 0. The molecule has 16 aromatic rings. The number of benzene rings is 10. The van der Waals surface area contributed by atoms with Gasteiger partial charge < -0.3 is 9.13 Å². The summed E-state index contributed by atoms with van der Waals surface area (Å²) in [5.74, 6) is -2.51. The first kappa shape index (κ1) is 47.6. The molecule has 0 saturated heterocycles. The van der Waals surface area contributed by atoms with Gasteiger partial charge in [-0.2, -0.15) is 0 Å². The van der Waals surface area contributed by atoms with Crippen molar-refractivity contribution < 1.29 is 19.2 Å². The van der Waals surface area contributed by atoms with Gasteiger partial charge in [-0.15, -0.1) is 0 Å². The molecular weight excluding hydrogens is 1060 g/mol. The lowest BCUT2D eigenvalue weighted by molar-refractivity contribution is 0.0874. The van der Waals surface area contributed by atoms with Crippen LogP contribution in [0, 0.1) is 0 Å². The van der Waals surface area contributed by atoms with Gasteiger partial charge in [0.05, 0.1) is 66.6 Å². The van der Waals surface area contributed by atoms with Crippen molar-refractivity contribution in [2.24, 2.45) is 0 Å². The molecule has 2 aliphatic heterocycles. The summed E-state index contributed by atoms with van der Waals surface area (Å²) in [5.41, 5.74) is 11.4. The average Bonchev–Trinajstić information content (AvgIpc) is 1.09. The van der Waals surface area contributed by atoms with Crippen LogP contribution in [0.4, 0.5) is 11.4 Å². The van der Waals surface area contributed by atoms with Gasteiger partial charge in [-0.3, -0.25) is 39.1 Å². The number of aromatic nitrogens is 6. The Morgan fingerprint density at radius 3 is 1.09 bits per heavy atom. The highest BCUT2D eigenvalue weighted by Crippen LogP contribution is 2.50. The predicted octanol–water partition coefficient (Wildman–Crippen LogP) is 16.2. The molecule has 0 saturated carbocycles. The molecule has 0 unspecified atom stereocenters. The van der Waals surface area contributed by atoms with Gasteiger partial charge in [-0.25, -0.2) is 9.80 Å². The third-order valence-electron chi connectivity index (χ3n) is 17.5. The number of nitrogens with zero attached hydrogens (tertiary/aromatic N) is 8. The van der Waals surface area contributed by atoms with Crippen LogP contribution in [-0.4, -0.2) is 52.7 Å². The van der Waals surface area contributed by atoms with Gasteiger partial charge in [-0.1, -0.05) is 97.1 Å². The Kier molecular flexibility index (Phi) is 9.82. The minimum Gasteiger partial charge on any atom is -0.309 e. The summed E-state index contributed by atoms with van der Waals surface area (Å²) < 4.78 is 4.44. The third kappa shape index (κ3) is 6.51. The maximum atomic E-state index is 16.5. The molecule has 0 N–H and O–H groups in total. The quantitative estimate of drug-likeness (QED) is 0.119. The van der Waals surface area contributed by atoms with Crippen molar-refractivity contribution in [3.63, 3.8) is 0 Å². The van der Waals surface area contributed by atoms with Gasteiger partial charge >= 0.3 is 0 Å². The van der Waals surface area contributed by atoms with Crippen molar-refractivity contribution in [1.82, 2.24) is 29.1 Å². The standard InChI is InChI=1S/C74H40N8O4/c83-71-55-39-51(41-27-29-59-53(35-41)47-21-7-9-25-57(47)79(59)45-17-3-1-4-18-45)65-63-56(72(84)81(73(65)85)61-37-43-15-11-31-75-67(43)69-49(61)23-13-33-77-69)40-52(42-28-30-60-54(36-42)48-22-8-10-26-58(48)80(60)46-19-5-2-6-20-46)66(64(55)63)74(86)82(71)62-38-44-16-12-32-76-68(44)70-50(62)24-14-34-78-70/h1-40H. The molecular formula is C74H40N8O4. The minimum absolute atomic E-state index is 0.147. The monoisotopic (exact) mass is 1100 g/mol. The van der Waals surface area contributed by atoms with Crippen molar-refractivity contribution >= 4 is 133 Å². The first-order valence-electron chi connectivity index (χ1n) is 28.3. The Bertz CT molecular complexity index is 5420. The minimum atomic E-state index is -0.628. The van der Waals surface area contributed by atoms with E-state index in [0.717, 1.165) is 55.0 Å². The summed E-state index contributed by atoms with van der Waals surface area (Å²) >= 11 is 0. The molecule has 12 nitrogen and oxygen atoms in total. The van der Waals surface area contributed by atoms with E-state index in [1.165, 1.54) is 9.80 Å². The molecule has 0 bridgehead atoms. The maximum Gasteiger partial charge on any atom is 0.266 e. The summed E-state index contributed by atoms with van der Waals surface area (Å²) in [5, 5.41) is 6.65. The molecule has 0 atom stereocenters. The average molecular weight is 1110 g/mol. The lowest BCUT2D eigenvalue weighted by atomic mass is 9.78. The van der Waals surface area contributed by atoms with Crippen molar-refractivity contribution in [2.45, 2.75) is 0 Å². The number of carbonyl (C=O) groups is 4. The maximum absolute atomic E-state index is 16.5. The molecule has 10 aromatic carbocycles. The normalized spacial score (nSPS) is 13.4. The van der Waals surface area contributed by atoms with Gasteiger partial charge in [-0.05, 0) is 144 Å². The summed E-state index contributed by atoms with van der Waals surface area (Å²) in [6.45, 7) is 0. The Morgan fingerprint density at radius 2 is 0.651 bits per heavy atom. The van der Waals surface area contributed by atoms with E-state index in [9.17, 15) is 0 Å². The van der Waals surface area contributed by atoms with E-state index in [0.29, 0.717) is 77.2 Å². The number of hydrogen-bond acceptors (Lipinski definition) is 8. The summed E-state index contributed by atoms with van der Waals surface area (Å²) in [6.07, 6.45) is 6.74. The van der Waals surface area contributed by atoms with Crippen molar-refractivity contribution in [3.05, 3.63) is 265 Å². The fourth-order valence-electron chi connectivity index (χ4n) is 13.8. The highest BCUT2D eigenvalue weighted by atomic mass is 16.2. The smallest absolute Gasteiger partial charge is 0.266 e. The second-order valence-electron chi connectivity index (χ2n) is 21.9. The van der Waals surface area contributed by atoms with E-state index >= 15 is 19.2 Å². The first-order chi connectivity index (χ1) is 42.4. The van der Waals surface area contributed by atoms with E-state index in [2.05, 4.69) is 69.8 Å². The van der Waals surface area contributed by atoms with Crippen LogP contribution in [0.15, 0.2) is 243 Å². The molecule has 86 heavy (non-hydrogen) atoms. The zero-order valence-electron chi connectivity index (χ0n) is 45.3. The summed E-state index contributed by atoms with van der Waals surface area (Å²) in [6, 6.07) is 70.8. The number of amides is 4.